The van der Waals surface area contributed by atoms with Gasteiger partial charge in [0.1, 0.15) is 0 Å². The number of rotatable bonds is 2. The number of hydrogen-bond acceptors (Lipinski definition) is 5. The molecule has 2 fully saturated rings. The number of hydrogen-bond donors (Lipinski definition) is 0. The van der Waals surface area contributed by atoms with Crippen LogP contribution in [0.4, 0.5) is 11.6 Å². The summed E-state index contributed by atoms with van der Waals surface area (Å²) in [6.07, 6.45) is 8.51. The topological polar surface area (TPSA) is 41.5 Å². The second kappa shape index (κ2) is 5.56. The molecule has 110 valence electrons. The molecule has 5 heteroatoms. The normalized spacial score (nSPS) is 22.0. The van der Waals surface area contributed by atoms with Gasteiger partial charge in [-0.1, -0.05) is 0 Å². The van der Waals surface area contributed by atoms with E-state index in [-0.39, 0.29) is 0 Å². The number of piperidine rings is 1. The Labute approximate surface area is 121 Å². The lowest BCUT2D eigenvalue weighted by atomic mass is 9.72. The summed E-state index contributed by atoms with van der Waals surface area (Å²) in [5.74, 6) is 2.00. The lowest BCUT2D eigenvalue weighted by molar-refractivity contribution is 0.00206. The van der Waals surface area contributed by atoms with Crippen LogP contribution in [-0.2, 0) is 4.74 Å². The van der Waals surface area contributed by atoms with Crippen molar-refractivity contribution in [3.63, 3.8) is 0 Å². The minimum Gasteiger partial charge on any atom is -0.381 e. The summed E-state index contributed by atoms with van der Waals surface area (Å²) in [5, 5.41) is 0. The van der Waals surface area contributed by atoms with E-state index in [9.17, 15) is 0 Å². The molecule has 0 amide bonds. The molecule has 0 N–H and O–H groups in total. The summed E-state index contributed by atoms with van der Waals surface area (Å²) >= 11 is 0. The second-order valence-electron chi connectivity index (χ2n) is 6.20. The van der Waals surface area contributed by atoms with Crippen molar-refractivity contribution in [1.82, 2.24) is 9.97 Å². The first kappa shape index (κ1) is 13.6. The highest BCUT2D eigenvalue weighted by molar-refractivity contribution is 5.61. The SMILES string of the molecule is CN(C)c1nccnc1N1CCC2(CCOCC2)CC1. The molecule has 0 unspecified atom stereocenters. The van der Waals surface area contributed by atoms with Gasteiger partial charge in [0.05, 0.1) is 0 Å². The molecule has 1 aromatic heterocycles. The number of ether oxygens (including phenoxy) is 1. The Hall–Kier alpha value is -1.36. The van der Waals surface area contributed by atoms with Gasteiger partial charge >= 0.3 is 0 Å². The maximum absolute atomic E-state index is 5.52. The van der Waals surface area contributed by atoms with Crippen LogP contribution >= 0.6 is 0 Å². The van der Waals surface area contributed by atoms with E-state index in [1.54, 1.807) is 12.4 Å². The van der Waals surface area contributed by atoms with Crippen molar-refractivity contribution in [3.8, 4) is 0 Å². The molecule has 5 nitrogen and oxygen atoms in total. The molecule has 0 aliphatic carbocycles. The Morgan fingerprint density at radius 3 is 2.35 bits per heavy atom. The zero-order chi connectivity index (χ0) is 14.0. The Morgan fingerprint density at radius 2 is 1.70 bits per heavy atom. The van der Waals surface area contributed by atoms with Crippen LogP contribution < -0.4 is 9.80 Å². The Bertz CT molecular complexity index is 447. The summed E-state index contributed by atoms with van der Waals surface area (Å²) in [4.78, 5) is 13.4. The minimum atomic E-state index is 0.523. The zero-order valence-corrected chi connectivity index (χ0v) is 12.5. The molecule has 0 saturated carbocycles. The van der Waals surface area contributed by atoms with Gasteiger partial charge in [-0.15, -0.1) is 0 Å². The fourth-order valence-electron chi connectivity index (χ4n) is 3.36. The van der Waals surface area contributed by atoms with E-state index in [1.165, 1.54) is 25.7 Å². The molecule has 0 bridgehead atoms. The van der Waals surface area contributed by atoms with E-state index < -0.39 is 0 Å². The van der Waals surface area contributed by atoms with E-state index >= 15 is 0 Å². The molecule has 0 radical (unpaired) electrons. The van der Waals surface area contributed by atoms with E-state index in [0.29, 0.717) is 5.41 Å². The van der Waals surface area contributed by atoms with Crippen LogP contribution in [0.1, 0.15) is 25.7 Å². The maximum Gasteiger partial charge on any atom is 0.171 e. The predicted octanol–water partition coefficient (Wildman–Crippen LogP) is 1.94. The van der Waals surface area contributed by atoms with Gasteiger partial charge in [-0.05, 0) is 31.1 Å². The van der Waals surface area contributed by atoms with Gasteiger partial charge in [0.2, 0.25) is 0 Å². The van der Waals surface area contributed by atoms with E-state index in [0.717, 1.165) is 37.9 Å². The highest BCUT2D eigenvalue weighted by Crippen LogP contribution is 2.41. The molecule has 2 saturated heterocycles. The van der Waals surface area contributed by atoms with Crippen molar-refractivity contribution in [2.75, 3.05) is 50.2 Å². The van der Waals surface area contributed by atoms with Crippen LogP contribution in [0.2, 0.25) is 0 Å². The van der Waals surface area contributed by atoms with Crippen molar-refractivity contribution in [3.05, 3.63) is 12.4 Å². The summed E-state index contributed by atoms with van der Waals surface area (Å²) in [5.41, 5.74) is 0.523. The third-order valence-corrected chi connectivity index (χ3v) is 4.76. The average molecular weight is 276 g/mol. The smallest absolute Gasteiger partial charge is 0.171 e. The second-order valence-corrected chi connectivity index (χ2v) is 6.20. The molecule has 1 spiro atoms. The fraction of sp³-hybridized carbons (Fsp3) is 0.733. The third kappa shape index (κ3) is 2.59. The highest BCUT2D eigenvalue weighted by Gasteiger charge is 2.36. The predicted molar refractivity (Wildman–Crippen MR) is 80.3 cm³/mol. The molecule has 2 aliphatic rings. The Balaban J connectivity index is 1.72. The lowest BCUT2D eigenvalue weighted by Gasteiger charge is -2.44. The van der Waals surface area contributed by atoms with E-state index in [2.05, 4.69) is 14.9 Å². The first-order valence-corrected chi connectivity index (χ1v) is 7.51. The molecule has 3 heterocycles. The summed E-state index contributed by atoms with van der Waals surface area (Å²) < 4.78 is 5.52. The van der Waals surface area contributed by atoms with Gasteiger partial charge < -0.3 is 14.5 Å². The largest absolute Gasteiger partial charge is 0.381 e. The maximum atomic E-state index is 5.52. The van der Waals surface area contributed by atoms with Gasteiger partial charge in [-0.3, -0.25) is 0 Å². The van der Waals surface area contributed by atoms with Crippen molar-refractivity contribution in [2.45, 2.75) is 25.7 Å². The van der Waals surface area contributed by atoms with Gasteiger partial charge in [-0.25, -0.2) is 9.97 Å². The standard InChI is InChI=1S/C15H24N4O/c1-18(2)13-14(17-8-7-16-13)19-9-3-15(4-10-19)5-11-20-12-6-15/h7-8H,3-6,9-12H2,1-2H3. The highest BCUT2D eigenvalue weighted by atomic mass is 16.5. The summed E-state index contributed by atoms with van der Waals surface area (Å²) in [7, 11) is 4.05. The van der Waals surface area contributed by atoms with Gasteiger partial charge in [0, 0.05) is 52.8 Å². The fourth-order valence-corrected chi connectivity index (χ4v) is 3.36. The van der Waals surface area contributed by atoms with Crippen molar-refractivity contribution in [2.24, 2.45) is 5.41 Å². The van der Waals surface area contributed by atoms with Crippen molar-refractivity contribution < 1.29 is 4.74 Å². The summed E-state index contributed by atoms with van der Waals surface area (Å²) in [6.45, 7) is 4.04. The number of aromatic nitrogens is 2. The molecular formula is C15H24N4O. The number of anilines is 2. The molecular weight excluding hydrogens is 252 g/mol. The third-order valence-electron chi connectivity index (χ3n) is 4.76. The van der Waals surface area contributed by atoms with Crippen LogP contribution in [0.5, 0.6) is 0 Å². The molecule has 1 aromatic rings. The molecule has 20 heavy (non-hydrogen) atoms. The van der Waals surface area contributed by atoms with Gasteiger partial charge in [-0.2, -0.15) is 0 Å². The zero-order valence-electron chi connectivity index (χ0n) is 12.5. The summed E-state index contributed by atoms with van der Waals surface area (Å²) in [6, 6.07) is 0. The Kier molecular flexibility index (Phi) is 3.78. The lowest BCUT2D eigenvalue weighted by Crippen LogP contribution is -2.43. The Morgan fingerprint density at radius 1 is 1.05 bits per heavy atom. The van der Waals surface area contributed by atoms with Crippen molar-refractivity contribution >= 4 is 11.6 Å². The average Bonchev–Trinajstić information content (AvgIpc) is 2.49. The minimum absolute atomic E-state index is 0.523. The van der Waals surface area contributed by atoms with Crippen LogP contribution in [0.25, 0.3) is 0 Å². The van der Waals surface area contributed by atoms with Crippen molar-refractivity contribution in [1.29, 1.82) is 0 Å². The molecule has 3 rings (SSSR count). The van der Waals surface area contributed by atoms with Gasteiger partial charge in [0.25, 0.3) is 0 Å². The number of nitrogens with zero attached hydrogens (tertiary/aromatic N) is 4. The molecule has 2 aliphatic heterocycles. The van der Waals surface area contributed by atoms with Crippen LogP contribution in [-0.4, -0.2) is 50.4 Å². The van der Waals surface area contributed by atoms with Crippen LogP contribution in [0, 0.1) is 5.41 Å². The molecule has 0 atom stereocenters. The quantitative estimate of drug-likeness (QED) is 0.825. The van der Waals surface area contributed by atoms with Gasteiger partial charge in [0.15, 0.2) is 11.6 Å². The van der Waals surface area contributed by atoms with Crippen LogP contribution in [0.15, 0.2) is 12.4 Å². The van der Waals surface area contributed by atoms with Crippen LogP contribution in [0.3, 0.4) is 0 Å². The first-order valence-electron chi connectivity index (χ1n) is 7.51. The monoisotopic (exact) mass is 276 g/mol. The first-order chi connectivity index (χ1) is 9.70. The van der Waals surface area contributed by atoms with E-state index in [4.69, 9.17) is 4.74 Å². The van der Waals surface area contributed by atoms with E-state index in [1.807, 2.05) is 19.0 Å². The molecule has 0 aromatic carbocycles.